The van der Waals surface area contributed by atoms with E-state index < -0.39 is 0 Å². The zero-order valence-corrected chi connectivity index (χ0v) is 14.6. The van der Waals surface area contributed by atoms with Crippen LogP contribution < -0.4 is 14.8 Å². The van der Waals surface area contributed by atoms with Gasteiger partial charge in [-0.2, -0.15) is 0 Å². The minimum Gasteiger partial charge on any atom is -0.493 e. The topological polar surface area (TPSA) is 47.6 Å². The third-order valence-corrected chi connectivity index (χ3v) is 4.53. The number of methoxy groups -OCH3 is 2. The number of hydrogen-bond donors (Lipinski definition) is 1. The van der Waals surface area contributed by atoms with Gasteiger partial charge >= 0.3 is 0 Å². The molecule has 1 aliphatic rings. The molecule has 0 radical (unpaired) electrons. The molecule has 1 aliphatic carbocycles. The Morgan fingerprint density at radius 1 is 1.12 bits per heavy atom. The SMILES string of the molecule is COc1cccc(/C=C/C(=O)N[C@H]2CCCc3ccccc32)c1OC. The summed E-state index contributed by atoms with van der Waals surface area (Å²) in [5.41, 5.74) is 3.37. The van der Waals surface area contributed by atoms with E-state index in [1.54, 1.807) is 26.4 Å². The molecule has 0 saturated heterocycles. The predicted octanol–water partition coefficient (Wildman–Crippen LogP) is 3.91. The van der Waals surface area contributed by atoms with Gasteiger partial charge in [-0.05, 0) is 42.5 Å². The number of fused-ring (bicyclic) bond motifs is 1. The monoisotopic (exact) mass is 337 g/mol. The number of carbonyl (C=O) groups excluding carboxylic acids is 1. The molecule has 0 unspecified atom stereocenters. The normalized spacial score (nSPS) is 16.3. The number of hydrogen-bond acceptors (Lipinski definition) is 3. The lowest BCUT2D eigenvalue weighted by Crippen LogP contribution is -2.29. The van der Waals surface area contributed by atoms with Gasteiger partial charge < -0.3 is 14.8 Å². The van der Waals surface area contributed by atoms with Gasteiger partial charge in [-0.15, -0.1) is 0 Å². The average molecular weight is 337 g/mol. The number of para-hydroxylation sites is 1. The van der Waals surface area contributed by atoms with Gasteiger partial charge in [0.2, 0.25) is 5.91 Å². The summed E-state index contributed by atoms with van der Waals surface area (Å²) in [6.07, 6.45) is 6.45. The van der Waals surface area contributed by atoms with E-state index >= 15 is 0 Å². The number of amides is 1. The third-order valence-electron chi connectivity index (χ3n) is 4.53. The molecule has 0 bridgehead atoms. The number of ether oxygens (including phenoxy) is 2. The molecule has 0 spiro atoms. The van der Waals surface area contributed by atoms with Crippen molar-refractivity contribution >= 4 is 12.0 Å². The van der Waals surface area contributed by atoms with Crippen LogP contribution in [0.5, 0.6) is 11.5 Å². The fourth-order valence-corrected chi connectivity index (χ4v) is 3.33. The van der Waals surface area contributed by atoms with E-state index in [1.807, 2.05) is 24.3 Å². The van der Waals surface area contributed by atoms with Crippen molar-refractivity contribution < 1.29 is 14.3 Å². The Labute approximate surface area is 148 Å². The molecule has 25 heavy (non-hydrogen) atoms. The van der Waals surface area contributed by atoms with Gasteiger partial charge in [-0.3, -0.25) is 4.79 Å². The van der Waals surface area contributed by atoms with E-state index in [4.69, 9.17) is 9.47 Å². The first kappa shape index (κ1) is 17.1. The maximum Gasteiger partial charge on any atom is 0.244 e. The van der Waals surface area contributed by atoms with Crippen LogP contribution in [0.15, 0.2) is 48.5 Å². The summed E-state index contributed by atoms with van der Waals surface area (Å²) in [4.78, 5) is 12.4. The van der Waals surface area contributed by atoms with Crippen LogP contribution in [0.4, 0.5) is 0 Å². The van der Waals surface area contributed by atoms with Crippen LogP contribution in [0.25, 0.3) is 6.08 Å². The van der Waals surface area contributed by atoms with Crippen LogP contribution in [0.3, 0.4) is 0 Å². The fraction of sp³-hybridized carbons (Fsp3) is 0.286. The molecule has 0 aromatic heterocycles. The zero-order valence-electron chi connectivity index (χ0n) is 14.6. The lowest BCUT2D eigenvalue weighted by Gasteiger charge is -2.25. The molecular formula is C21H23NO3. The molecule has 0 fully saturated rings. The first-order valence-corrected chi connectivity index (χ1v) is 8.50. The van der Waals surface area contributed by atoms with Gasteiger partial charge in [-0.25, -0.2) is 0 Å². The second kappa shape index (κ2) is 7.88. The van der Waals surface area contributed by atoms with Gasteiger partial charge in [0.05, 0.1) is 20.3 Å². The van der Waals surface area contributed by atoms with Crippen molar-refractivity contribution in [1.29, 1.82) is 0 Å². The van der Waals surface area contributed by atoms with Gasteiger partial charge in [0.1, 0.15) is 0 Å². The summed E-state index contributed by atoms with van der Waals surface area (Å²) in [6, 6.07) is 14.0. The number of carbonyl (C=O) groups is 1. The van der Waals surface area contributed by atoms with Crippen molar-refractivity contribution in [2.45, 2.75) is 25.3 Å². The molecular weight excluding hydrogens is 314 g/mol. The van der Waals surface area contributed by atoms with Crippen LogP contribution in [0, 0.1) is 0 Å². The Hall–Kier alpha value is -2.75. The van der Waals surface area contributed by atoms with Crippen LogP contribution in [0.2, 0.25) is 0 Å². The van der Waals surface area contributed by atoms with Gasteiger partial charge in [0, 0.05) is 11.6 Å². The van der Waals surface area contributed by atoms with Crippen LogP contribution >= 0.6 is 0 Å². The Balaban J connectivity index is 1.73. The highest BCUT2D eigenvalue weighted by molar-refractivity contribution is 5.92. The molecule has 4 heteroatoms. The van der Waals surface area contributed by atoms with Crippen LogP contribution in [-0.4, -0.2) is 20.1 Å². The Morgan fingerprint density at radius 2 is 1.96 bits per heavy atom. The van der Waals surface area contributed by atoms with Crippen molar-refractivity contribution in [2.24, 2.45) is 0 Å². The number of aryl methyl sites for hydroxylation is 1. The first-order valence-electron chi connectivity index (χ1n) is 8.50. The standard InChI is InChI=1S/C21H23NO3/c1-24-19-12-6-9-16(21(19)25-2)13-14-20(23)22-18-11-5-8-15-7-3-4-10-17(15)18/h3-4,6-7,9-10,12-14,18H,5,8,11H2,1-2H3,(H,22,23)/b14-13+/t18-/m0/s1. The number of nitrogens with one attached hydrogen (secondary N) is 1. The number of rotatable bonds is 5. The second-order valence-corrected chi connectivity index (χ2v) is 6.07. The van der Waals surface area contributed by atoms with Crippen molar-refractivity contribution in [3.8, 4) is 11.5 Å². The maximum absolute atomic E-state index is 12.4. The van der Waals surface area contributed by atoms with Crippen molar-refractivity contribution in [2.75, 3.05) is 14.2 Å². The number of benzene rings is 2. The third kappa shape index (κ3) is 3.85. The molecule has 3 rings (SSSR count). The summed E-state index contributed by atoms with van der Waals surface area (Å²) in [6.45, 7) is 0. The summed E-state index contributed by atoms with van der Waals surface area (Å²) in [5.74, 6) is 1.16. The van der Waals surface area contributed by atoms with Gasteiger partial charge in [-0.1, -0.05) is 36.4 Å². The average Bonchev–Trinajstić information content (AvgIpc) is 2.66. The zero-order chi connectivity index (χ0) is 17.6. The quantitative estimate of drug-likeness (QED) is 0.842. The highest BCUT2D eigenvalue weighted by atomic mass is 16.5. The molecule has 1 amide bonds. The minimum atomic E-state index is -0.105. The van der Waals surface area contributed by atoms with Crippen LogP contribution in [-0.2, 0) is 11.2 Å². The smallest absolute Gasteiger partial charge is 0.244 e. The summed E-state index contributed by atoms with van der Waals surface area (Å²) in [7, 11) is 3.19. The minimum absolute atomic E-state index is 0.0781. The van der Waals surface area contributed by atoms with Crippen LogP contribution in [0.1, 0.15) is 35.6 Å². The van der Waals surface area contributed by atoms with Crippen molar-refractivity contribution in [3.63, 3.8) is 0 Å². The predicted molar refractivity (Wildman–Crippen MR) is 98.8 cm³/mol. The van der Waals surface area contributed by atoms with E-state index in [-0.39, 0.29) is 11.9 Å². The van der Waals surface area contributed by atoms with E-state index in [0.29, 0.717) is 11.5 Å². The Kier molecular flexibility index (Phi) is 5.39. The molecule has 1 N–H and O–H groups in total. The summed E-state index contributed by atoms with van der Waals surface area (Å²) in [5, 5.41) is 3.11. The van der Waals surface area contributed by atoms with E-state index in [0.717, 1.165) is 24.8 Å². The summed E-state index contributed by atoms with van der Waals surface area (Å²) < 4.78 is 10.7. The maximum atomic E-state index is 12.4. The molecule has 4 nitrogen and oxygen atoms in total. The molecule has 0 heterocycles. The fourth-order valence-electron chi connectivity index (χ4n) is 3.33. The molecule has 2 aromatic rings. The molecule has 1 atom stereocenters. The highest BCUT2D eigenvalue weighted by Crippen LogP contribution is 2.32. The Morgan fingerprint density at radius 3 is 2.76 bits per heavy atom. The first-order chi connectivity index (χ1) is 12.2. The largest absolute Gasteiger partial charge is 0.493 e. The van der Waals surface area contributed by atoms with E-state index in [9.17, 15) is 4.79 Å². The second-order valence-electron chi connectivity index (χ2n) is 6.07. The van der Waals surface area contributed by atoms with E-state index in [1.165, 1.54) is 11.1 Å². The van der Waals surface area contributed by atoms with Gasteiger partial charge in [0.25, 0.3) is 0 Å². The molecule has 0 saturated carbocycles. The molecule has 2 aromatic carbocycles. The Bertz CT molecular complexity index is 782. The lowest BCUT2D eigenvalue weighted by molar-refractivity contribution is -0.117. The van der Waals surface area contributed by atoms with Gasteiger partial charge in [0.15, 0.2) is 11.5 Å². The van der Waals surface area contributed by atoms with Crippen molar-refractivity contribution in [1.82, 2.24) is 5.32 Å². The summed E-state index contributed by atoms with van der Waals surface area (Å²) >= 11 is 0. The highest BCUT2D eigenvalue weighted by Gasteiger charge is 2.20. The molecule has 130 valence electrons. The van der Waals surface area contributed by atoms with Crippen molar-refractivity contribution in [3.05, 3.63) is 65.2 Å². The van der Waals surface area contributed by atoms with E-state index in [2.05, 4.69) is 23.5 Å². The molecule has 0 aliphatic heterocycles. The lowest BCUT2D eigenvalue weighted by atomic mass is 9.88.